The predicted molar refractivity (Wildman–Crippen MR) is 73.9 cm³/mol. The number of thiazole rings is 1. The van der Waals surface area contributed by atoms with Crippen LogP contribution >= 0.6 is 22.9 Å². The number of carboxylic acid groups (broad SMARTS) is 1. The molecule has 1 fully saturated rings. The number of aromatic carboxylic acids is 1. The van der Waals surface area contributed by atoms with Gasteiger partial charge >= 0.3 is 5.97 Å². The van der Waals surface area contributed by atoms with Crippen molar-refractivity contribution >= 4 is 34.0 Å². The van der Waals surface area contributed by atoms with Gasteiger partial charge in [0.15, 0.2) is 15.2 Å². The number of rotatable bonds is 2. The third-order valence-electron chi connectivity index (χ3n) is 3.38. The molecule has 0 amide bonds. The number of hydrogen-bond acceptors (Lipinski definition) is 4. The van der Waals surface area contributed by atoms with Gasteiger partial charge in [-0.1, -0.05) is 36.8 Å². The molecule has 18 heavy (non-hydrogen) atoms. The Hall–Kier alpha value is -0.810. The minimum atomic E-state index is -1.00. The van der Waals surface area contributed by atoms with E-state index in [2.05, 4.69) is 23.7 Å². The van der Waals surface area contributed by atoms with Gasteiger partial charge in [-0.3, -0.25) is 0 Å². The smallest absolute Gasteiger partial charge is 0.349 e. The fourth-order valence-corrected chi connectivity index (χ4v) is 3.35. The fourth-order valence-electron chi connectivity index (χ4n) is 2.17. The standard InChI is InChI=1S/C12H17ClN2O2S/c1-12(2)4-3-6-15(7-5-12)11-14-9(13)8(18-11)10(16)17/h3-7H2,1-2H3,(H,16,17). The van der Waals surface area contributed by atoms with Crippen LogP contribution in [0.5, 0.6) is 0 Å². The number of halogens is 1. The Bertz CT molecular complexity index is 459. The Morgan fingerprint density at radius 2 is 2.17 bits per heavy atom. The van der Waals surface area contributed by atoms with Crippen molar-refractivity contribution in [3.63, 3.8) is 0 Å². The van der Waals surface area contributed by atoms with Gasteiger partial charge < -0.3 is 10.0 Å². The summed E-state index contributed by atoms with van der Waals surface area (Å²) in [5, 5.41) is 9.82. The highest BCUT2D eigenvalue weighted by molar-refractivity contribution is 7.18. The zero-order chi connectivity index (χ0) is 13.3. The maximum Gasteiger partial charge on any atom is 0.349 e. The topological polar surface area (TPSA) is 53.4 Å². The van der Waals surface area contributed by atoms with Gasteiger partial charge in [-0.15, -0.1) is 0 Å². The Labute approximate surface area is 116 Å². The number of nitrogens with zero attached hydrogens (tertiary/aromatic N) is 2. The summed E-state index contributed by atoms with van der Waals surface area (Å²) in [5.74, 6) is -1.00. The molecule has 0 atom stereocenters. The van der Waals surface area contributed by atoms with Crippen molar-refractivity contribution in [2.24, 2.45) is 5.41 Å². The third-order valence-corrected chi connectivity index (χ3v) is 4.87. The van der Waals surface area contributed by atoms with Crippen LogP contribution in [0.2, 0.25) is 5.15 Å². The van der Waals surface area contributed by atoms with Crippen LogP contribution in [0.15, 0.2) is 0 Å². The summed E-state index contributed by atoms with van der Waals surface area (Å²) < 4.78 is 0. The number of hydrogen-bond donors (Lipinski definition) is 1. The van der Waals surface area contributed by atoms with Crippen LogP contribution < -0.4 is 4.90 Å². The molecule has 2 rings (SSSR count). The average Bonchev–Trinajstić information content (AvgIpc) is 2.55. The largest absolute Gasteiger partial charge is 0.477 e. The van der Waals surface area contributed by atoms with Crippen LogP contribution in [-0.4, -0.2) is 29.1 Å². The second-order valence-corrected chi connectivity index (χ2v) is 6.76. The van der Waals surface area contributed by atoms with Gasteiger partial charge in [0.2, 0.25) is 0 Å². The molecule has 0 saturated carbocycles. The molecule has 0 unspecified atom stereocenters. The van der Waals surface area contributed by atoms with Crippen molar-refractivity contribution in [3.05, 3.63) is 10.0 Å². The first-order valence-corrected chi connectivity index (χ1v) is 7.23. The fraction of sp³-hybridized carbons (Fsp3) is 0.667. The number of carboxylic acids is 1. The van der Waals surface area contributed by atoms with E-state index in [-0.39, 0.29) is 10.0 Å². The lowest BCUT2D eigenvalue weighted by Crippen LogP contribution is -2.24. The molecule has 2 heterocycles. The molecule has 1 N–H and O–H groups in total. The Kier molecular flexibility index (Phi) is 3.82. The number of carbonyl (C=O) groups is 1. The van der Waals surface area contributed by atoms with Crippen molar-refractivity contribution in [1.29, 1.82) is 0 Å². The van der Waals surface area contributed by atoms with Crippen molar-refractivity contribution in [1.82, 2.24) is 4.98 Å². The monoisotopic (exact) mass is 288 g/mol. The van der Waals surface area contributed by atoms with Gasteiger partial charge in [0.1, 0.15) is 0 Å². The molecule has 1 aromatic rings. The predicted octanol–water partition coefficient (Wildman–Crippen LogP) is 3.51. The van der Waals surface area contributed by atoms with Crippen LogP contribution in [-0.2, 0) is 0 Å². The van der Waals surface area contributed by atoms with Crippen LogP contribution in [0.25, 0.3) is 0 Å². The molecule has 100 valence electrons. The van der Waals surface area contributed by atoms with E-state index in [1.165, 1.54) is 17.8 Å². The Balaban J connectivity index is 2.17. The first kappa shape index (κ1) is 13.6. The SMILES string of the molecule is CC1(C)CCCN(c2nc(Cl)c(C(=O)O)s2)CC1. The Morgan fingerprint density at radius 3 is 2.78 bits per heavy atom. The molecule has 1 aliphatic rings. The minimum Gasteiger partial charge on any atom is -0.477 e. The lowest BCUT2D eigenvalue weighted by molar-refractivity contribution is 0.0702. The molecular weight excluding hydrogens is 272 g/mol. The second kappa shape index (κ2) is 5.05. The quantitative estimate of drug-likeness (QED) is 0.905. The van der Waals surface area contributed by atoms with Gasteiger partial charge in [-0.05, 0) is 24.7 Å². The molecule has 1 aromatic heterocycles. The first-order valence-electron chi connectivity index (χ1n) is 6.04. The normalized spacial score (nSPS) is 19.6. The molecule has 4 nitrogen and oxygen atoms in total. The first-order chi connectivity index (χ1) is 8.39. The maximum atomic E-state index is 11.0. The zero-order valence-corrected chi connectivity index (χ0v) is 12.1. The van der Waals surface area contributed by atoms with Gasteiger partial charge in [0.05, 0.1) is 0 Å². The molecule has 0 bridgehead atoms. The van der Waals surface area contributed by atoms with Crippen molar-refractivity contribution < 1.29 is 9.90 Å². The summed E-state index contributed by atoms with van der Waals surface area (Å²) in [7, 11) is 0. The molecule has 0 aromatic carbocycles. The summed E-state index contributed by atoms with van der Waals surface area (Å²) in [6.45, 7) is 6.38. The van der Waals surface area contributed by atoms with Crippen LogP contribution in [0.4, 0.5) is 5.13 Å². The van der Waals surface area contributed by atoms with E-state index < -0.39 is 5.97 Å². The van der Waals surface area contributed by atoms with Gasteiger partial charge in [-0.2, -0.15) is 0 Å². The summed E-state index contributed by atoms with van der Waals surface area (Å²) in [4.78, 5) is 17.4. The second-order valence-electron chi connectivity index (χ2n) is 5.43. The average molecular weight is 289 g/mol. The molecule has 6 heteroatoms. The third kappa shape index (κ3) is 2.95. The number of aromatic nitrogens is 1. The Morgan fingerprint density at radius 1 is 1.44 bits per heavy atom. The van der Waals surface area contributed by atoms with Crippen molar-refractivity contribution in [2.75, 3.05) is 18.0 Å². The van der Waals surface area contributed by atoms with Gasteiger partial charge in [-0.25, -0.2) is 9.78 Å². The van der Waals surface area contributed by atoms with E-state index in [0.717, 1.165) is 31.1 Å². The lowest BCUT2D eigenvalue weighted by Gasteiger charge is -2.22. The highest BCUT2D eigenvalue weighted by Crippen LogP contribution is 2.35. The molecule has 1 aliphatic heterocycles. The summed E-state index contributed by atoms with van der Waals surface area (Å²) in [6, 6.07) is 0. The highest BCUT2D eigenvalue weighted by Gasteiger charge is 2.26. The van der Waals surface area contributed by atoms with Gasteiger partial charge in [0.25, 0.3) is 0 Å². The summed E-state index contributed by atoms with van der Waals surface area (Å²) in [5.41, 5.74) is 0.353. The van der Waals surface area contributed by atoms with Crippen LogP contribution in [0.1, 0.15) is 42.8 Å². The number of anilines is 1. The minimum absolute atomic E-state index is 0.103. The van der Waals surface area contributed by atoms with E-state index in [0.29, 0.717) is 5.41 Å². The van der Waals surface area contributed by atoms with Gasteiger partial charge in [0, 0.05) is 13.1 Å². The van der Waals surface area contributed by atoms with E-state index in [1.54, 1.807) is 0 Å². The van der Waals surface area contributed by atoms with Crippen LogP contribution in [0.3, 0.4) is 0 Å². The molecule has 0 radical (unpaired) electrons. The summed E-state index contributed by atoms with van der Waals surface area (Å²) >= 11 is 7.01. The molecule has 0 aliphatic carbocycles. The van der Waals surface area contributed by atoms with E-state index in [1.807, 2.05) is 0 Å². The van der Waals surface area contributed by atoms with Crippen LogP contribution in [0, 0.1) is 5.41 Å². The zero-order valence-electron chi connectivity index (χ0n) is 10.6. The van der Waals surface area contributed by atoms with E-state index in [4.69, 9.17) is 16.7 Å². The molecule has 1 saturated heterocycles. The van der Waals surface area contributed by atoms with Crippen molar-refractivity contribution in [3.8, 4) is 0 Å². The molecule has 0 spiro atoms. The highest BCUT2D eigenvalue weighted by atomic mass is 35.5. The lowest BCUT2D eigenvalue weighted by atomic mass is 9.85. The molecular formula is C12H17ClN2O2S. The van der Waals surface area contributed by atoms with Crippen molar-refractivity contribution in [2.45, 2.75) is 33.1 Å². The maximum absolute atomic E-state index is 11.0. The van der Waals surface area contributed by atoms with E-state index in [9.17, 15) is 4.79 Å². The van der Waals surface area contributed by atoms with E-state index >= 15 is 0 Å². The summed E-state index contributed by atoms with van der Waals surface area (Å²) in [6.07, 6.45) is 3.38.